The van der Waals surface area contributed by atoms with Crippen LogP contribution in [-0.4, -0.2) is 29.4 Å². The summed E-state index contributed by atoms with van der Waals surface area (Å²) in [4.78, 5) is 11.9. The molecule has 112 valence electrons. The summed E-state index contributed by atoms with van der Waals surface area (Å²) in [6, 6.07) is 10.2. The quantitative estimate of drug-likeness (QED) is 0.775. The van der Waals surface area contributed by atoms with Gasteiger partial charge in [-0.3, -0.25) is 4.79 Å². The predicted molar refractivity (Wildman–Crippen MR) is 85.6 cm³/mol. The predicted octanol–water partition coefficient (Wildman–Crippen LogP) is 2.69. The Morgan fingerprint density at radius 1 is 1.25 bits per heavy atom. The van der Waals surface area contributed by atoms with E-state index in [1.807, 2.05) is 39.0 Å². The second-order valence-corrected chi connectivity index (χ2v) is 6.49. The van der Waals surface area contributed by atoms with Gasteiger partial charge in [-0.15, -0.1) is 0 Å². The maximum Gasteiger partial charge on any atom is 0.223 e. The van der Waals surface area contributed by atoms with Gasteiger partial charge in [0.1, 0.15) is 0 Å². The van der Waals surface area contributed by atoms with Crippen molar-refractivity contribution < 1.29 is 9.90 Å². The first-order chi connectivity index (χ1) is 9.50. The molecular weight excluding hydrogens is 270 g/mol. The lowest BCUT2D eigenvalue weighted by atomic mass is 10.1. The van der Waals surface area contributed by atoms with Crippen LogP contribution in [0, 0.1) is 11.8 Å². The summed E-state index contributed by atoms with van der Waals surface area (Å²) in [5.74, 6) is 1.86. The van der Waals surface area contributed by atoms with E-state index >= 15 is 0 Å². The number of aliphatic hydroxyl groups excluding tert-OH is 1. The zero-order chi connectivity index (χ0) is 15.0. The Labute approximate surface area is 126 Å². The van der Waals surface area contributed by atoms with E-state index in [2.05, 4.69) is 17.4 Å². The first-order valence-electron chi connectivity index (χ1n) is 7.08. The van der Waals surface area contributed by atoms with E-state index in [1.54, 1.807) is 11.8 Å². The molecule has 1 rings (SSSR count). The monoisotopic (exact) mass is 295 g/mol. The highest BCUT2D eigenvalue weighted by Crippen LogP contribution is 2.15. The second-order valence-electron chi connectivity index (χ2n) is 5.46. The Bertz CT molecular complexity index is 395. The number of rotatable bonds is 8. The molecule has 3 nitrogen and oxygen atoms in total. The molecule has 0 aliphatic carbocycles. The van der Waals surface area contributed by atoms with Gasteiger partial charge in [0.25, 0.3) is 0 Å². The molecule has 2 N–H and O–H groups in total. The molecule has 2 atom stereocenters. The molecule has 2 unspecified atom stereocenters. The molecule has 0 aromatic heterocycles. The number of amides is 1. The summed E-state index contributed by atoms with van der Waals surface area (Å²) >= 11 is 1.76. The average Bonchev–Trinajstić information content (AvgIpc) is 2.45. The molecule has 0 saturated carbocycles. The Morgan fingerprint density at radius 2 is 1.90 bits per heavy atom. The van der Waals surface area contributed by atoms with Crippen LogP contribution in [-0.2, 0) is 10.5 Å². The highest BCUT2D eigenvalue weighted by atomic mass is 32.2. The zero-order valence-electron chi connectivity index (χ0n) is 12.5. The molecule has 0 bridgehead atoms. The maximum atomic E-state index is 11.9. The van der Waals surface area contributed by atoms with Crippen molar-refractivity contribution in [3.05, 3.63) is 35.9 Å². The van der Waals surface area contributed by atoms with Crippen LogP contribution in [0.4, 0.5) is 0 Å². The van der Waals surface area contributed by atoms with Crippen molar-refractivity contribution >= 4 is 17.7 Å². The molecule has 1 amide bonds. The van der Waals surface area contributed by atoms with Crippen LogP contribution < -0.4 is 5.32 Å². The van der Waals surface area contributed by atoms with Gasteiger partial charge in [-0.05, 0) is 11.5 Å². The van der Waals surface area contributed by atoms with Gasteiger partial charge in [-0.2, -0.15) is 11.8 Å². The van der Waals surface area contributed by atoms with Crippen molar-refractivity contribution in [2.75, 3.05) is 12.3 Å². The van der Waals surface area contributed by atoms with Gasteiger partial charge in [0.2, 0.25) is 5.91 Å². The smallest absolute Gasteiger partial charge is 0.223 e. The van der Waals surface area contributed by atoms with Crippen molar-refractivity contribution in [2.24, 2.45) is 11.8 Å². The standard InChI is InChI=1S/C16H25NO2S/c1-12(2)15(18)9-17-16(19)13(3)10-20-11-14-7-5-4-6-8-14/h4-8,12-13,15,18H,9-11H2,1-3H3,(H,17,19). The van der Waals surface area contributed by atoms with Crippen LogP contribution in [0.3, 0.4) is 0 Å². The van der Waals surface area contributed by atoms with E-state index in [0.717, 1.165) is 11.5 Å². The van der Waals surface area contributed by atoms with Crippen molar-refractivity contribution in [3.63, 3.8) is 0 Å². The third kappa shape index (κ3) is 6.44. The number of hydrogen-bond donors (Lipinski definition) is 2. The number of aliphatic hydroxyl groups is 1. The largest absolute Gasteiger partial charge is 0.391 e. The van der Waals surface area contributed by atoms with E-state index in [-0.39, 0.29) is 17.7 Å². The highest BCUT2D eigenvalue weighted by molar-refractivity contribution is 7.98. The minimum Gasteiger partial charge on any atom is -0.391 e. The van der Waals surface area contributed by atoms with Crippen molar-refractivity contribution in [1.82, 2.24) is 5.32 Å². The first kappa shape index (κ1) is 17.1. The number of carbonyl (C=O) groups is 1. The number of thioether (sulfide) groups is 1. The van der Waals surface area contributed by atoms with Crippen LogP contribution in [0.1, 0.15) is 26.3 Å². The third-order valence-electron chi connectivity index (χ3n) is 3.18. The van der Waals surface area contributed by atoms with Crippen molar-refractivity contribution in [2.45, 2.75) is 32.6 Å². The van der Waals surface area contributed by atoms with E-state index in [9.17, 15) is 9.90 Å². The summed E-state index contributed by atoms with van der Waals surface area (Å²) in [7, 11) is 0. The molecule has 0 aliphatic heterocycles. The normalized spacial score (nSPS) is 14.1. The first-order valence-corrected chi connectivity index (χ1v) is 8.23. The number of hydrogen-bond acceptors (Lipinski definition) is 3. The van der Waals surface area contributed by atoms with Crippen LogP contribution in [0.2, 0.25) is 0 Å². The minimum absolute atomic E-state index is 0.0188. The van der Waals surface area contributed by atoms with Gasteiger partial charge < -0.3 is 10.4 Å². The van der Waals surface area contributed by atoms with Gasteiger partial charge >= 0.3 is 0 Å². The lowest BCUT2D eigenvalue weighted by Crippen LogP contribution is -2.38. The number of nitrogens with one attached hydrogen (secondary N) is 1. The number of carbonyl (C=O) groups excluding carboxylic acids is 1. The Hall–Kier alpha value is -1.00. The van der Waals surface area contributed by atoms with E-state index in [4.69, 9.17) is 0 Å². The van der Waals surface area contributed by atoms with Crippen molar-refractivity contribution in [1.29, 1.82) is 0 Å². The molecule has 20 heavy (non-hydrogen) atoms. The lowest BCUT2D eigenvalue weighted by Gasteiger charge is -2.17. The SMILES string of the molecule is CC(CSCc1ccccc1)C(=O)NCC(O)C(C)C. The molecule has 0 radical (unpaired) electrons. The van der Waals surface area contributed by atoms with Crippen LogP contribution in [0.25, 0.3) is 0 Å². The Morgan fingerprint density at radius 3 is 2.50 bits per heavy atom. The third-order valence-corrected chi connectivity index (χ3v) is 4.46. The van der Waals surface area contributed by atoms with Gasteiger partial charge in [0.15, 0.2) is 0 Å². The molecule has 0 heterocycles. The molecule has 0 spiro atoms. The molecule has 0 aliphatic rings. The fraction of sp³-hybridized carbons (Fsp3) is 0.562. The fourth-order valence-corrected chi connectivity index (χ4v) is 2.67. The molecule has 1 aromatic carbocycles. The van der Waals surface area contributed by atoms with Crippen LogP contribution in [0.5, 0.6) is 0 Å². The summed E-state index contributed by atoms with van der Waals surface area (Å²) in [6.45, 7) is 6.14. The van der Waals surface area contributed by atoms with Crippen LogP contribution in [0.15, 0.2) is 30.3 Å². The summed E-state index contributed by atoms with van der Waals surface area (Å²) in [5.41, 5.74) is 1.28. The Balaban J connectivity index is 2.21. The van der Waals surface area contributed by atoms with E-state index < -0.39 is 6.10 Å². The molecule has 0 fully saturated rings. The molecular formula is C16H25NO2S. The Kier molecular flexibility index (Phi) is 7.70. The molecule has 0 saturated heterocycles. The van der Waals surface area contributed by atoms with E-state index in [0.29, 0.717) is 6.54 Å². The average molecular weight is 295 g/mol. The lowest BCUT2D eigenvalue weighted by molar-refractivity contribution is -0.124. The highest BCUT2D eigenvalue weighted by Gasteiger charge is 2.15. The summed E-state index contributed by atoms with van der Waals surface area (Å²) in [5, 5.41) is 12.5. The second kappa shape index (κ2) is 9.03. The van der Waals surface area contributed by atoms with Gasteiger partial charge in [-0.25, -0.2) is 0 Å². The molecule has 4 heteroatoms. The zero-order valence-corrected chi connectivity index (χ0v) is 13.3. The fourth-order valence-electron chi connectivity index (χ4n) is 1.62. The van der Waals surface area contributed by atoms with Gasteiger partial charge in [0.05, 0.1) is 6.10 Å². The van der Waals surface area contributed by atoms with Gasteiger partial charge in [0, 0.05) is 24.0 Å². The van der Waals surface area contributed by atoms with Crippen LogP contribution >= 0.6 is 11.8 Å². The van der Waals surface area contributed by atoms with Crippen molar-refractivity contribution in [3.8, 4) is 0 Å². The van der Waals surface area contributed by atoms with E-state index in [1.165, 1.54) is 5.56 Å². The topological polar surface area (TPSA) is 49.3 Å². The van der Waals surface area contributed by atoms with Gasteiger partial charge in [-0.1, -0.05) is 51.1 Å². The summed E-state index contributed by atoms with van der Waals surface area (Å²) in [6.07, 6.45) is -0.469. The summed E-state index contributed by atoms with van der Waals surface area (Å²) < 4.78 is 0. The maximum absolute atomic E-state index is 11.9. The minimum atomic E-state index is -0.469. The molecule has 1 aromatic rings. The number of benzene rings is 1.